The molecule has 1 saturated heterocycles. The molecule has 11 heteroatoms. The number of anilines is 3. The van der Waals surface area contributed by atoms with Crippen molar-refractivity contribution in [1.29, 1.82) is 0 Å². The largest absolute Gasteiger partial charge is 0.379 e. The first-order valence-electron chi connectivity index (χ1n) is 10.3. The summed E-state index contributed by atoms with van der Waals surface area (Å²) in [6, 6.07) is 8.24. The van der Waals surface area contributed by atoms with E-state index < -0.39 is 15.9 Å². The molecule has 10 nitrogen and oxygen atoms in total. The summed E-state index contributed by atoms with van der Waals surface area (Å²) in [4.78, 5) is 21.3. The lowest BCUT2D eigenvalue weighted by Gasteiger charge is -2.26. The fourth-order valence-corrected chi connectivity index (χ4v) is 4.43. The van der Waals surface area contributed by atoms with E-state index in [4.69, 9.17) is 11.2 Å². The standard InChI is InChI=1S/C21H26N6O4S/c1-3-5-10-23-21-24-15-18(19(26-21)22-4-2)20(28)25-16-6-8-17(9-7-16)32(29,30)27-11-13-31-14-12-27/h2,6-9,15H,3,5,10-14H2,1H3,(H,25,28)(H2,22,23,24,26). The Balaban J connectivity index is 1.72. The molecule has 32 heavy (non-hydrogen) atoms. The van der Waals surface area contributed by atoms with Gasteiger partial charge < -0.3 is 15.4 Å². The van der Waals surface area contributed by atoms with Crippen LogP contribution in [-0.2, 0) is 14.8 Å². The lowest BCUT2D eigenvalue weighted by Crippen LogP contribution is -2.40. The molecule has 1 aliphatic heterocycles. The fourth-order valence-electron chi connectivity index (χ4n) is 3.02. The lowest BCUT2D eigenvalue weighted by molar-refractivity contribution is 0.0730. The van der Waals surface area contributed by atoms with Gasteiger partial charge in [-0.3, -0.25) is 10.1 Å². The van der Waals surface area contributed by atoms with Crippen LogP contribution in [0.25, 0.3) is 0 Å². The third-order valence-electron chi connectivity index (χ3n) is 4.76. The van der Waals surface area contributed by atoms with E-state index in [1.54, 1.807) is 0 Å². The van der Waals surface area contributed by atoms with Gasteiger partial charge >= 0.3 is 0 Å². The maximum Gasteiger partial charge on any atom is 0.261 e. The number of terminal acetylenes is 1. The van der Waals surface area contributed by atoms with Crippen LogP contribution in [0.1, 0.15) is 30.1 Å². The van der Waals surface area contributed by atoms with E-state index >= 15 is 0 Å². The zero-order chi connectivity index (χ0) is 23.0. The third-order valence-corrected chi connectivity index (χ3v) is 6.67. The first-order chi connectivity index (χ1) is 15.5. The first-order valence-corrected chi connectivity index (χ1v) is 11.7. The minimum absolute atomic E-state index is 0.151. The number of amides is 1. The van der Waals surface area contributed by atoms with Crippen molar-refractivity contribution in [2.45, 2.75) is 24.7 Å². The Morgan fingerprint density at radius 2 is 1.97 bits per heavy atom. The van der Waals surface area contributed by atoms with Gasteiger partial charge in [-0.1, -0.05) is 19.8 Å². The summed E-state index contributed by atoms with van der Waals surface area (Å²) < 4.78 is 32.0. The number of aromatic nitrogens is 2. The van der Waals surface area contributed by atoms with Crippen molar-refractivity contribution in [3.8, 4) is 12.5 Å². The number of nitrogens with one attached hydrogen (secondary N) is 3. The second-order valence-electron chi connectivity index (χ2n) is 7.00. The molecule has 0 radical (unpaired) electrons. The van der Waals surface area contributed by atoms with Gasteiger partial charge in [0.25, 0.3) is 5.91 Å². The van der Waals surface area contributed by atoms with Crippen LogP contribution in [0.5, 0.6) is 0 Å². The van der Waals surface area contributed by atoms with Crippen molar-refractivity contribution < 1.29 is 17.9 Å². The van der Waals surface area contributed by atoms with Gasteiger partial charge in [0.2, 0.25) is 16.0 Å². The number of ether oxygens (including phenoxy) is 1. The summed E-state index contributed by atoms with van der Waals surface area (Å²) in [5.74, 6) is 0.0857. The highest BCUT2D eigenvalue weighted by molar-refractivity contribution is 7.89. The van der Waals surface area contributed by atoms with Crippen molar-refractivity contribution in [3.05, 3.63) is 36.0 Å². The van der Waals surface area contributed by atoms with Gasteiger partial charge in [-0.25, -0.2) is 13.4 Å². The minimum Gasteiger partial charge on any atom is -0.379 e. The maximum atomic E-state index is 12.8. The monoisotopic (exact) mass is 458 g/mol. The molecule has 3 rings (SSSR count). The smallest absolute Gasteiger partial charge is 0.261 e. The predicted octanol–water partition coefficient (Wildman–Crippen LogP) is 1.96. The maximum absolute atomic E-state index is 12.8. The van der Waals surface area contributed by atoms with E-state index in [1.165, 1.54) is 34.8 Å². The Hall–Kier alpha value is -3.20. The van der Waals surface area contributed by atoms with E-state index in [0.717, 1.165) is 12.8 Å². The van der Waals surface area contributed by atoms with Crippen molar-refractivity contribution in [3.63, 3.8) is 0 Å². The van der Waals surface area contributed by atoms with Crippen LogP contribution in [0, 0.1) is 12.5 Å². The van der Waals surface area contributed by atoms with Gasteiger partial charge in [0.05, 0.1) is 18.1 Å². The van der Waals surface area contributed by atoms with Gasteiger partial charge in [0.1, 0.15) is 5.56 Å². The highest BCUT2D eigenvalue weighted by Gasteiger charge is 2.26. The minimum atomic E-state index is -3.61. The van der Waals surface area contributed by atoms with Gasteiger partial charge in [0, 0.05) is 37.6 Å². The summed E-state index contributed by atoms with van der Waals surface area (Å²) in [6.45, 7) is 4.15. The van der Waals surface area contributed by atoms with E-state index in [1.807, 2.05) is 0 Å². The number of hydrogen-bond acceptors (Lipinski definition) is 8. The molecule has 2 heterocycles. The van der Waals surface area contributed by atoms with E-state index in [9.17, 15) is 13.2 Å². The molecule has 3 N–H and O–H groups in total. The number of carbonyl (C=O) groups is 1. The summed E-state index contributed by atoms with van der Waals surface area (Å²) in [6.07, 6.45) is 8.70. The highest BCUT2D eigenvalue weighted by atomic mass is 32.2. The second-order valence-corrected chi connectivity index (χ2v) is 8.94. The Kier molecular flexibility index (Phi) is 7.99. The van der Waals surface area contributed by atoms with Gasteiger partial charge in [-0.05, 0) is 30.7 Å². The number of nitrogens with zero attached hydrogens (tertiary/aromatic N) is 3. The molecule has 0 saturated carbocycles. The summed E-state index contributed by atoms with van der Waals surface area (Å²) in [5.41, 5.74) is 0.585. The molecule has 0 aliphatic carbocycles. The van der Waals surface area contributed by atoms with Crippen molar-refractivity contribution in [2.24, 2.45) is 0 Å². The number of benzene rings is 1. The zero-order valence-electron chi connectivity index (χ0n) is 17.8. The van der Waals surface area contributed by atoms with Gasteiger partial charge in [-0.2, -0.15) is 9.29 Å². The molecule has 1 fully saturated rings. The Bertz CT molecular complexity index is 1080. The number of sulfonamides is 1. The first kappa shape index (κ1) is 23.5. The van der Waals surface area contributed by atoms with Crippen molar-refractivity contribution in [2.75, 3.05) is 48.8 Å². The van der Waals surface area contributed by atoms with E-state index in [-0.39, 0.29) is 16.3 Å². The molecule has 0 bridgehead atoms. The molecule has 2 aromatic rings. The van der Waals surface area contributed by atoms with Crippen LogP contribution in [0.2, 0.25) is 0 Å². The second kappa shape index (κ2) is 10.9. The number of morpholine rings is 1. The van der Waals surface area contributed by atoms with Crippen LogP contribution < -0.4 is 16.0 Å². The fraction of sp³-hybridized carbons (Fsp3) is 0.381. The van der Waals surface area contributed by atoms with Gasteiger partial charge in [0.15, 0.2) is 5.82 Å². The number of carbonyl (C=O) groups excluding carboxylic acids is 1. The number of rotatable bonds is 9. The SMILES string of the molecule is C#CNc1nc(NCCCC)ncc1C(=O)Nc1ccc(S(=O)(=O)N2CCOCC2)cc1. The van der Waals surface area contributed by atoms with Crippen LogP contribution in [0.3, 0.4) is 0 Å². The van der Waals surface area contributed by atoms with E-state index in [2.05, 4.69) is 38.9 Å². The summed E-state index contributed by atoms with van der Waals surface area (Å²) in [7, 11) is -3.61. The summed E-state index contributed by atoms with van der Waals surface area (Å²) in [5, 5.41) is 8.41. The number of unbranched alkanes of at least 4 members (excludes halogenated alkanes) is 1. The number of hydrogen-bond donors (Lipinski definition) is 3. The molecule has 1 aromatic heterocycles. The Labute approximate surface area is 187 Å². The van der Waals surface area contributed by atoms with E-state index in [0.29, 0.717) is 44.5 Å². The molecule has 1 aliphatic rings. The van der Waals surface area contributed by atoms with Crippen LogP contribution >= 0.6 is 0 Å². The quantitative estimate of drug-likeness (QED) is 0.296. The summed E-state index contributed by atoms with van der Waals surface area (Å²) >= 11 is 0. The Morgan fingerprint density at radius 1 is 1.25 bits per heavy atom. The average molecular weight is 459 g/mol. The third kappa shape index (κ3) is 5.73. The Morgan fingerprint density at radius 3 is 2.62 bits per heavy atom. The van der Waals surface area contributed by atoms with Crippen LogP contribution in [-0.4, -0.2) is 61.4 Å². The molecule has 1 amide bonds. The molecule has 0 unspecified atom stereocenters. The molecule has 1 aromatic carbocycles. The zero-order valence-corrected chi connectivity index (χ0v) is 18.6. The molecule has 0 atom stereocenters. The molecule has 170 valence electrons. The van der Waals surface area contributed by atoms with Crippen molar-refractivity contribution >= 4 is 33.4 Å². The lowest BCUT2D eigenvalue weighted by atomic mass is 10.2. The van der Waals surface area contributed by atoms with Crippen LogP contribution in [0.15, 0.2) is 35.4 Å². The van der Waals surface area contributed by atoms with Crippen LogP contribution in [0.4, 0.5) is 17.5 Å². The topological polar surface area (TPSA) is 126 Å². The predicted molar refractivity (Wildman–Crippen MR) is 122 cm³/mol. The average Bonchev–Trinajstić information content (AvgIpc) is 2.80. The molecular formula is C21H26N6O4S. The highest BCUT2D eigenvalue weighted by Crippen LogP contribution is 2.21. The molecule has 0 spiro atoms. The van der Waals surface area contributed by atoms with Gasteiger partial charge in [-0.15, -0.1) is 0 Å². The van der Waals surface area contributed by atoms with Crippen molar-refractivity contribution in [1.82, 2.24) is 14.3 Å². The normalized spacial score (nSPS) is 14.4. The molecular weight excluding hydrogens is 432 g/mol.